The van der Waals surface area contributed by atoms with Crippen molar-refractivity contribution in [3.63, 3.8) is 0 Å². The van der Waals surface area contributed by atoms with E-state index in [0.29, 0.717) is 17.1 Å². The maximum atomic E-state index is 11.7. The number of nitrogens with two attached hydrogens (primary N) is 1. The van der Waals surface area contributed by atoms with Gasteiger partial charge in [-0.3, -0.25) is 0 Å². The average molecular weight is 440 g/mol. The van der Waals surface area contributed by atoms with E-state index in [1.807, 2.05) is 48.5 Å². The Morgan fingerprint density at radius 3 is 2.45 bits per heavy atom. The average Bonchev–Trinajstić information content (AvgIpc) is 2.76. The second-order valence-corrected chi connectivity index (χ2v) is 9.10. The number of sulfonamides is 1. The molecule has 7 heteroatoms. The van der Waals surface area contributed by atoms with E-state index in [2.05, 4.69) is 13.0 Å². The molecule has 1 heterocycles. The van der Waals surface area contributed by atoms with Gasteiger partial charge < -0.3 is 14.2 Å². The molecule has 1 unspecified atom stereocenters. The van der Waals surface area contributed by atoms with Crippen molar-refractivity contribution in [2.75, 3.05) is 14.2 Å². The van der Waals surface area contributed by atoms with Crippen molar-refractivity contribution in [1.29, 1.82) is 0 Å². The predicted molar refractivity (Wildman–Crippen MR) is 120 cm³/mol. The first-order valence-electron chi connectivity index (χ1n) is 9.98. The largest absolute Gasteiger partial charge is 0.493 e. The highest BCUT2D eigenvalue weighted by Crippen LogP contribution is 2.47. The number of hydrogen-bond donors (Lipinski definition) is 1. The summed E-state index contributed by atoms with van der Waals surface area (Å²) < 4.78 is 40.7. The van der Waals surface area contributed by atoms with E-state index in [1.54, 1.807) is 14.2 Å². The highest BCUT2D eigenvalue weighted by Gasteiger charge is 2.30. The first kappa shape index (κ1) is 21.2. The van der Waals surface area contributed by atoms with Gasteiger partial charge in [-0.25, -0.2) is 13.6 Å². The zero-order valence-electron chi connectivity index (χ0n) is 17.7. The van der Waals surface area contributed by atoms with Crippen LogP contribution in [-0.4, -0.2) is 22.6 Å². The van der Waals surface area contributed by atoms with Crippen molar-refractivity contribution >= 4 is 10.0 Å². The lowest BCUT2D eigenvalue weighted by Gasteiger charge is -2.31. The van der Waals surface area contributed by atoms with Gasteiger partial charge in [0.15, 0.2) is 11.5 Å². The second-order valence-electron chi connectivity index (χ2n) is 7.48. The summed E-state index contributed by atoms with van der Waals surface area (Å²) in [7, 11) is -0.479. The maximum Gasteiger partial charge on any atom is 0.213 e. The molecule has 0 aromatic heterocycles. The molecule has 31 heavy (non-hydrogen) atoms. The summed E-state index contributed by atoms with van der Waals surface area (Å²) in [5, 5.41) is 5.29. The molecule has 0 fully saturated rings. The summed E-state index contributed by atoms with van der Waals surface area (Å²) in [4.78, 5) is 0. The van der Waals surface area contributed by atoms with E-state index in [0.717, 1.165) is 34.4 Å². The lowest BCUT2D eigenvalue weighted by molar-refractivity contribution is 0.242. The molecule has 4 rings (SSSR count). The third-order valence-corrected chi connectivity index (χ3v) is 6.22. The number of hydrogen-bond acceptors (Lipinski definition) is 5. The molecule has 1 aliphatic rings. The summed E-state index contributed by atoms with van der Waals surface area (Å²) in [6, 6.07) is 17.3. The number of methoxy groups -OCH3 is 2. The van der Waals surface area contributed by atoms with E-state index in [9.17, 15) is 8.42 Å². The zero-order chi connectivity index (χ0) is 22.2. The van der Waals surface area contributed by atoms with Crippen molar-refractivity contribution < 1.29 is 22.6 Å². The van der Waals surface area contributed by atoms with Crippen LogP contribution >= 0.6 is 0 Å². The van der Waals surface area contributed by atoms with Crippen molar-refractivity contribution in [2.45, 2.75) is 25.2 Å². The van der Waals surface area contributed by atoms with Crippen molar-refractivity contribution in [3.05, 3.63) is 76.9 Å². The summed E-state index contributed by atoms with van der Waals surface area (Å²) in [6.45, 7) is 2.10. The van der Waals surface area contributed by atoms with E-state index >= 15 is 0 Å². The highest BCUT2D eigenvalue weighted by molar-refractivity contribution is 7.88. The molecule has 1 atom stereocenters. The minimum Gasteiger partial charge on any atom is -0.493 e. The van der Waals surface area contributed by atoms with Crippen LogP contribution in [0.5, 0.6) is 17.2 Å². The van der Waals surface area contributed by atoms with Crippen LogP contribution < -0.4 is 19.3 Å². The molecule has 0 saturated heterocycles. The Hall–Kier alpha value is -3.03. The Kier molecular flexibility index (Phi) is 5.64. The number of primary sulfonamides is 1. The monoisotopic (exact) mass is 439 g/mol. The van der Waals surface area contributed by atoms with Crippen molar-refractivity contribution in [1.82, 2.24) is 0 Å². The normalized spacial score (nSPS) is 14.9. The lowest BCUT2D eigenvalue weighted by atomic mass is 9.86. The predicted octanol–water partition coefficient (Wildman–Crippen LogP) is 4.20. The number of rotatable bonds is 6. The number of fused-ring (bicyclic) bond motifs is 3. The molecule has 0 bridgehead atoms. The number of aryl methyl sites for hydroxylation is 1. The fourth-order valence-electron chi connectivity index (χ4n) is 4.11. The van der Waals surface area contributed by atoms with Crippen LogP contribution in [0.1, 0.15) is 35.3 Å². The Balaban J connectivity index is 1.91. The molecular weight excluding hydrogens is 414 g/mol. The Labute approximate surface area is 182 Å². The van der Waals surface area contributed by atoms with Gasteiger partial charge in [0.05, 0.1) is 20.0 Å². The number of ether oxygens (including phenoxy) is 3. The van der Waals surface area contributed by atoms with Crippen LogP contribution in [0.2, 0.25) is 0 Å². The topological polar surface area (TPSA) is 87.9 Å². The van der Waals surface area contributed by atoms with Gasteiger partial charge in [0.2, 0.25) is 10.0 Å². The van der Waals surface area contributed by atoms with Crippen molar-refractivity contribution in [2.24, 2.45) is 5.14 Å². The quantitative estimate of drug-likeness (QED) is 0.622. The molecule has 1 aliphatic heterocycles. The standard InChI is InChI=1S/C24H25NO5S/c1-4-16-6-5-7-21-23(16)18-10-8-15(14-31(25,26)27)12-19(18)24(30-21)17-9-11-20(28-2)22(13-17)29-3/h5-13,24H,4,14H2,1-3H3,(H2,25,26,27). The minimum absolute atomic E-state index is 0.235. The van der Waals surface area contributed by atoms with Crippen LogP contribution in [0.3, 0.4) is 0 Å². The van der Waals surface area contributed by atoms with Gasteiger partial charge in [-0.2, -0.15) is 0 Å². The third kappa shape index (κ3) is 4.11. The first-order chi connectivity index (χ1) is 14.8. The molecule has 3 aromatic carbocycles. The van der Waals surface area contributed by atoms with Gasteiger partial charge in [0.1, 0.15) is 11.9 Å². The molecule has 0 amide bonds. The molecule has 6 nitrogen and oxygen atoms in total. The van der Waals surface area contributed by atoms with E-state index in [4.69, 9.17) is 19.3 Å². The van der Waals surface area contributed by atoms with Crippen molar-refractivity contribution in [3.8, 4) is 28.4 Å². The van der Waals surface area contributed by atoms with Gasteiger partial charge in [-0.1, -0.05) is 43.3 Å². The lowest BCUT2D eigenvalue weighted by Crippen LogP contribution is -2.18. The first-order valence-corrected chi connectivity index (χ1v) is 11.7. The third-order valence-electron chi connectivity index (χ3n) is 5.48. The van der Waals surface area contributed by atoms with Gasteiger partial charge in [-0.05, 0) is 41.3 Å². The zero-order valence-corrected chi connectivity index (χ0v) is 18.5. The van der Waals surface area contributed by atoms with E-state index in [-0.39, 0.29) is 5.75 Å². The molecular formula is C24H25NO5S. The summed E-state index contributed by atoms with van der Waals surface area (Å²) in [5.41, 5.74) is 5.62. The van der Waals surface area contributed by atoms with Crippen LogP contribution in [0.25, 0.3) is 11.1 Å². The molecule has 162 valence electrons. The van der Waals surface area contributed by atoms with Crippen LogP contribution in [0, 0.1) is 0 Å². The fraction of sp³-hybridized carbons (Fsp3) is 0.250. The summed E-state index contributed by atoms with van der Waals surface area (Å²) in [6.07, 6.45) is 0.418. The maximum absolute atomic E-state index is 11.7. The highest BCUT2D eigenvalue weighted by atomic mass is 32.2. The summed E-state index contributed by atoms with van der Waals surface area (Å²) in [5.74, 6) is 1.78. The Bertz CT molecular complexity index is 1240. The molecule has 3 aromatic rings. The van der Waals surface area contributed by atoms with E-state index < -0.39 is 16.1 Å². The van der Waals surface area contributed by atoms with Gasteiger partial charge in [0.25, 0.3) is 0 Å². The molecule has 0 spiro atoms. The molecule has 0 saturated carbocycles. The van der Waals surface area contributed by atoms with Gasteiger partial charge in [0, 0.05) is 16.7 Å². The SMILES string of the molecule is CCc1cccc2c1-c1ccc(CS(N)(=O)=O)cc1C(c1ccc(OC)c(OC)c1)O2. The Morgan fingerprint density at radius 1 is 1.00 bits per heavy atom. The number of benzene rings is 3. The Morgan fingerprint density at radius 2 is 1.77 bits per heavy atom. The minimum atomic E-state index is -3.66. The molecule has 0 aliphatic carbocycles. The fourth-order valence-corrected chi connectivity index (χ4v) is 4.75. The summed E-state index contributed by atoms with van der Waals surface area (Å²) >= 11 is 0. The van der Waals surface area contributed by atoms with Gasteiger partial charge >= 0.3 is 0 Å². The van der Waals surface area contributed by atoms with Crippen LogP contribution in [0.15, 0.2) is 54.6 Å². The second kappa shape index (κ2) is 8.24. The van der Waals surface area contributed by atoms with E-state index in [1.165, 1.54) is 5.56 Å². The molecule has 0 radical (unpaired) electrons. The van der Waals surface area contributed by atoms with Gasteiger partial charge in [-0.15, -0.1) is 0 Å². The molecule has 2 N–H and O–H groups in total. The van der Waals surface area contributed by atoms with Crippen LogP contribution in [0.4, 0.5) is 0 Å². The van der Waals surface area contributed by atoms with Crippen LogP contribution in [-0.2, 0) is 22.2 Å². The smallest absolute Gasteiger partial charge is 0.213 e.